The Bertz CT molecular complexity index is 553. The van der Waals surface area contributed by atoms with E-state index in [1.807, 2.05) is 62.4 Å². The second kappa shape index (κ2) is 6.89. The Morgan fingerprint density at radius 2 is 1.75 bits per heavy atom. The fourth-order valence-corrected chi connectivity index (χ4v) is 2.43. The number of hydrogen-bond donors (Lipinski definition) is 2. The molecule has 0 aliphatic heterocycles. The van der Waals surface area contributed by atoms with Gasteiger partial charge in [-0.3, -0.25) is 0 Å². The van der Waals surface area contributed by atoms with Crippen LogP contribution in [0.3, 0.4) is 0 Å². The maximum absolute atomic E-state index is 10.2. The number of aryl methyl sites for hydroxylation is 1. The largest absolute Gasteiger partial charge is 0.387 e. The van der Waals surface area contributed by atoms with Crippen LogP contribution in [0.2, 0.25) is 5.02 Å². The summed E-state index contributed by atoms with van der Waals surface area (Å²) in [6.45, 7) is 4.58. The molecule has 2 aromatic rings. The lowest BCUT2D eigenvalue weighted by Crippen LogP contribution is -2.24. The molecule has 0 aliphatic carbocycles. The van der Waals surface area contributed by atoms with Gasteiger partial charge in [0.2, 0.25) is 0 Å². The van der Waals surface area contributed by atoms with Gasteiger partial charge in [0.05, 0.1) is 6.10 Å². The minimum atomic E-state index is -0.513. The second-order valence-corrected chi connectivity index (χ2v) is 5.49. The van der Waals surface area contributed by atoms with Crippen molar-refractivity contribution in [2.24, 2.45) is 0 Å². The van der Waals surface area contributed by atoms with Gasteiger partial charge in [-0.1, -0.05) is 59.6 Å². The molecule has 0 aliphatic rings. The highest BCUT2D eigenvalue weighted by Crippen LogP contribution is 2.22. The summed E-state index contributed by atoms with van der Waals surface area (Å²) in [4.78, 5) is 0. The minimum absolute atomic E-state index is 0.101. The van der Waals surface area contributed by atoms with E-state index in [2.05, 4.69) is 5.32 Å². The van der Waals surface area contributed by atoms with Gasteiger partial charge < -0.3 is 10.4 Å². The molecular weight excluding hydrogens is 270 g/mol. The van der Waals surface area contributed by atoms with Crippen LogP contribution in [0.5, 0.6) is 0 Å². The average molecular weight is 290 g/mol. The number of benzene rings is 2. The summed E-state index contributed by atoms with van der Waals surface area (Å²) >= 11 is 6.17. The summed E-state index contributed by atoms with van der Waals surface area (Å²) in [5, 5.41) is 14.2. The molecule has 0 spiro atoms. The van der Waals surface area contributed by atoms with E-state index in [0.717, 1.165) is 16.1 Å². The van der Waals surface area contributed by atoms with Gasteiger partial charge in [0, 0.05) is 17.6 Å². The summed E-state index contributed by atoms with van der Waals surface area (Å²) in [6, 6.07) is 15.8. The average Bonchev–Trinajstić information content (AvgIpc) is 2.45. The number of rotatable bonds is 5. The summed E-state index contributed by atoms with van der Waals surface area (Å²) in [5.74, 6) is 0. The van der Waals surface area contributed by atoms with E-state index in [9.17, 15) is 5.11 Å². The van der Waals surface area contributed by atoms with E-state index in [4.69, 9.17) is 11.6 Å². The standard InChI is InChI=1S/C17H20ClNO/c1-12-7-9-14(10-8-12)17(20)11-19-13(2)15-5-3-4-6-16(15)18/h3-10,13,17,19-20H,11H2,1-2H3/t13-,17-/m1/s1. The lowest BCUT2D eigenvalue weighted by atomic mass is 10.1. The molecule has 0 unspecified atom stereocenters. The van der Waals surface area contributed by atoms with Crippen molar-refractivity contribution in [1.29, 1.82) is 0 Å². The maximum atomic E-state index is 10.2. The van der Waals surface area contributed by atoms with Crippen molar-refractivity contribution in [2.45, 2.75) is 26.0 Å². The van der Waals surface area contributed by atoms with E-state index < -0.39 is 6.10 Å². The van der Waals surface area contributed by atoms with E-state index in [0.29, 0.717) is 6.54 Å². The number of hydrogen-bond acceptors (Lipinski definition) is 2. The fourth-order valence-electron chi connectivity index (χ4n) is 2.13. The Hall–Kier alpha value is -1.35. The van der Waals surface area contributed by atoms with Crippen molar-refractivity contribution in [3.05, 3.63) is 70.2 Å². The van der Waals surface area contributed by atoms with Gasteiger partial charge in [-0.2, -0.15) is 0 Å². The molecule has 106 valence electrons. The molecular formula is C17H20ClNO. The van der Waals surface area contributed by atoms with E-state index in [1.165, 1.54) is 5.56 Å². The maximum Gasteiger partial charge on any atom is 0.0914 e. The Labute approximate surface area is 125 Å². The van der Waals surface area contributed by atoms with Crippen LogP contribution in [-0.4, -0.2) is 11.7 Å². The Kier molecular flexibility index (Phi) is 5.18. The van der Waals surface area contributed by atoms with Gasteiger partial charge >= 0.3 is 0 Å². The Morgan fingerprint density at radius 1 is 1.10 bits per heavy atom. The van der Waals surface area contributed by atoms with Crippen LogP contribution in [0.15, 0.2) is 48.5 Å². The number of aliphatic hydroxyl groups excluding tert-OH is 1. The molecule has 0 amide bonds. The van der Waals surface area contributed by atoms with Crippen molar-refractivity contribution in [1.82, 2.24) is 5.32 Å². The molecule has 2 atom stereocenters. The highest BCUT2D eigenvalue weighted by Gasteiger charge is 2.12. The zero-order valence-electron chi connectivity index (χ0n) is 11.8. The van der Waals surface area contributed by atoms with Gasteiger partial charge in [0.1, 0.15) is 0 Å². The summed E-state index contributed by atoms with van der Waals surface area (Å²) in [7, 11) is 0. The number of nitrogens with one attached hydrogen (secondary N) is 1. The van der Waals surface area contributed by atoms with Crippen LogP contribution < -0.4 is 5.32 Å². The fraction of sp³-hybridized carbons (Fsp3) is 0.294. The van der Waals surface area contributed by atoms with Crippen molar-refractivity contribution >= 4 is 11.6 Å². The summed E-state index contributed by atoms with van der Waals surface area (Å²) in [5.41, 5.74) is 3.16. The third kappa shape index (κ3) is 3.83. The smallest absolute Gasteiger partial charge is 0.0914 e. The molecule has 2 rings (SSSR count). The summed E-state index contributed by atoms with van der Waals surface area (Å²) < 4.78 is 0. The van der Waals surface area contributed by atoms with E-state index in [-0.39, 0.29) is 6.04 Å². The van der Waals surface area contributed by atoms with Crippen LogP contribution in [0.25, 0.3) is 0 Å². The first kappa shape index (κ1) is 15.0. The second-order valence-electron chi connectivity index (χ2n) is 5.08. The molecule has 2 N–H and O–H groups in total. The Morgan fingerprint density at radius 3 is 2.40 bits per heavy atom. The highest BCUT2D eigenvalue weighted by atomic mass is 35.5. The first-order chi connectivity index (χ1) is 9.58. The van der Waals surface area contributed by atoms with Crippen molar-refractivity contribution in [3.8, 4) is 0 Å². The third-order valence-corrected chi connectivity index (χ3v) is 3.80. The molecule has 20 heavy (non-hydrogen) atoms. The molecule has 0 heterocycles. The topological polar surface area (TPSA) is 32.3 Å². The summed E-state index contributed by atoms with van der Waals surface area (Å²) in [6.07, 6.45) is -0.513. The highest BCUT2D eigenvalue weighted by molar-refractivity contribution is 6.31. The molecule has 0 saturated heterocycles. The van der Waals surface area contributed by atoms with Gasteiger partial charge in [-0.05, 0) is 31.0 Å². The monoisotopic (exact) mass is 289 g/mol. The van der Waals surface area contributed by atoms with Crippen molar-refractivity contribution in [2.75, 3.05) is 6.54 Å². The van der Waals surface area contributed by atoms with Crippen LogP contribution >= 0.6 is 11.6 Å². The van der Waals surface area contributed by atoms with Crippen LogP contribution in [0.1, 0.15) is 35.8 Å². The molecule has 0 aromatic heterocycles. The lowest BCUT2D eigenvalue weighted by Gasteiger charge is -2.18. The minimum Gasteiger partial charge on any atom is -0.387 e. The van der Waals surface area contributed by atoms with Crippen molar-refractivity contribution < 1.29 is 5.11 Å². The van der Waals surface area contributed by atoms with Crippen LogP contribution in [0.4, 0.5) is 0 Å². The predicted molar refractivity (Wildman–Crippen MR) is 84.0 cm³/mol. The predicted octanol–water partition coefficient (Wildman–Crippen LogP) is 4.03. The van der Waals surface area contributed by atoms with Crippen LogP contribution in [-0.2, 0) is 0 Å². The molecule has 0 fully saturated rings. The lowest BCUT2D eigenvalue weighted by molar-refractivity contribution is 0.171. The SMILES string of the molecule is Cc1ccc([C@H](O)CN[C@H](C)c2ccccc2Cl)cc1. The van der Waals surface area contributed by atoms with E-state index >= 15 is 0 Å². The first-order valence-electron chi connectivity index (χ1n) is 6.80. The van der Waals surface area contributed by atoms with Gasteiger partial charge in [-0.15, -0.1) is 0 Å². The van der Waals surface area contributed by atoms with E-state index in [1.54, 1.807) is 0 Å². The van der Waals surface area contributed by atoms with Gasteiger partial charge in [-0.25, -0.2) is 0 Å². The molecule has 3 heteroatoms. The zero-order chi connectivity index (χ0) is 14.5. The number of aliphatic hydroxyl groups is 1. The van der Waals surface area contributed by atoms with Gasteiger partial charge in [0.15, 0.2) is 0 Å². The third-order valence-electron chi connectivity index (χ3n) is 3.45. The molecule has 2 aromatic carbocycles. The van der Waals surface area contributed by atoms with Gasteiger partial charge in [0.25, 0.3) is 0 Å². The quantitative estimate of drug-likeness (QED) is 0.871. The molecule has 2 nitrogen and oxygen atoms in total. The molecule has 0 radical (unpaired) electrons. The molecule has 0 saturated carbocycles. The normalized spacial score (nSPS) is 14.0. The van der Waals surface area contributed by atoms with Crippen LogP contribution in [0, 0.1) is 6.92 Å². The zero-order valence-corrected chi connectivity index (χ0v) is 12.6. The molecule has 0 bridgehead atoms. The van der Waals surface area contributed by atoms with Crippen molar-refractivity contribution in [3.63, 3.8) is 0 Å². The number of halogens is 1. The first-order valence-corrected chi connectivity index (χ1v) is 7.18. The Balaban J connectivity index is 1.95.